The molecule has 0 saturated carbocycles. The Bertz CT molecular complexity index is 414. The number of benzene rings is 1. The standard InChI is InChI=1S/C17H28N2/c1-5-16-12-19(9-8-17(16)18-4)11-15-7-6-13(2)14(3)10-15/h6-7,10,16-18H,5,8-9,11-12H2,1-4H3. The zero-order chi connectivity index (χ0) is 13.8. The van der Waals surface area contributed by atoms with Gasteiger partial charge in [0.05, 0.1) is 0 Å². The normalized spacial score (nSPS) is 24.6. The van der Waals surface area contributed by atoms with E-state index in [4.69, 9.17) is 0 Å². The number of piperidine rings is 1. The minimum atomic E-state index is 0.709. The lowest BCUT2D eigenvalue weighted by molar-refractivity contribution is 0.132. The number of hydrogen-bond donors (Lipinski definition) is 1. The Morgan fingerprint density at radius 3 is 2.68 bits per heavy atom. The molecule has 2 atom stereocenters. The van der Waals surface area contributed by atoms with Crippen LogP contribution in [-0.4, -0.2) is 31.1 Å². The van der Waals surface area contributed by atoms with E-state index in [-0.39, 0.29) is 0 Å². The highest BCUT2D eigenvalue weighted by atomic mass is 15.1. The van der Waals surface area contributed by atoms with Crippen LogP contribution in [0.3, 0.4) is 0 Å². The molecule has 1 saturated heterocycles. The molecule has 1 heterocycles. The SMILES string of the molecule is CCC1CN(Cc2ccc(C)c(C)c2)CCC1NC. The van der Waals surface area contributed by atoms with Gasteiger partial charge in [-0.25, -0.2) is 0 Å². The van der Waals surface area contributed by atoms with E-state index < -0.39 is 0 Å². The van der Waals surface area contributed by atoms with Crippen LogP contribution in [0.4, 0.5) is 0 Å². The molecule has 1 aromatic carbocycles. The van der Waals surface area contributed by atoms with E-state index in [1.807, 2.05) is 0 Å². The van der Waals surface area contributed by atoms with Crippen LogP contribution in [0.5, 0.6) is 0 Å². The van der Waals surface area contributed by atoms with Crippen molar-refractivity contribution < 1.29 is 0 Å². The first-order chi connectivity index (χ1) is 9.13. The molecule has 2 rings (SSSR count). The number of rotatable bonds is 4. The maximum Gasteiger partial charge on any atom is 0.0233 e. The van der Waals surface area contributed by atoms with E-state index in [1.54, 1.807) is 0 Å². The van der Waals surface area contributed by atoms with Gasteiger partial charge in [0.2, 0.25) is 0 Å². The molecule has 1 aliphatic heterocycles. The summed E-state index contributed by atoms with van der Waals surface area (Å²) in [4.78, 5) is 2.62. The van der Waals surface area contributed by atoms with E-state index in [2.05, 4.69) is 56.2 Å². The van der Waals surface area contributed by atoms with Crippen LogP contribution in [0.1, 0.15) is 36.5 Å². The summed E-state index contributed by atoms with van der Waals surface area (Å²) in [7, 11) is 2.10. The molecule has 0 aromatic heterocycles. The highest BCUT2D eigenvalue weighted by Gasteiger charge is 2.26. The van der Waals surface area contributed by atoms with E-state index in [0.717, 1.165) is 12.5 Å². The van der Waals surface area contributed by atoms with Gasteiger partial charge in [-0.2, -0.15) is 0 Å². The van der Waals surface area contributed by atoms with Crippen LogP contribution in [0.25, 0.3) is 0 Å². The van der Waals surface area contributed by atoms with Gasteiger partial charge in [0.1, 0.15) is 0 Å². The van der Waals surface area contributed by atoms with Gasteiger partial charge in [0.15, 0.2) is 0 Å². The first kappa shape index (κ1) is 14.5. The quantitative estimate of drug-likeness (QED) is 0.895. The van der Waals surface area contributed by atoms with Crippen molar-refractivity contribution in [3.8, 4) is 0 Å². The average molecular weight is 260 g/mol. The van der Waals surface area contributed by atoms with Crippen LogP contribution in [0.15, 0.2) is 18.2 Å². The van der Waals surface area contributed by atoms with Crippen molar-refractivity contribution in [3.63, 3.8) is 0 Å². The molecule has 1 N–H and O–H groups in total. The van der Waals surface area contributed by atoms with Crippen molar-refractivity contribution in [2.75, 3.05) is 20.1 Å². The summed E-state index contributed by atoms with van der Waals surface area (Å²) in [6.07, 6.45) is 2.55. The molecule has 2 heteroatoms. The summed E-state index contributed by atoms with van der Waals surface area (Å²) in [5.41, 5.74) is 4.26. The molecule has 0 amide bonds. The molecule has 2 nitrogen and oxygen atoms in total. The van der Waals surface area contributed by atoms with Gasteiger partial charge in [-0.3, -0.25) is 4.90 Å². The fourth-order valence-electron chi connectivity index (χ4n) is 3.20. The van der Waals surface area contributed by atoms with Crippen LogP contribution >= 0.6 is 0 Å². The summed E-state index contributed by atoms with van der Waals surface area (Å²) >= 11 is 0. The van der Waals surface area contributed by atoms with Crippen molar-refractivity contribution in [2.45, 2.75) is 46.2 Å². The minimum absolute atomic E-state index is 0.709. The molecule has 0 radical (unpaired) electrons. The molecule has 1 aliphatic rings. The summed E-state index contributed by atoms with van der Waals surface area (Å²) in [5.74, 6) is 0.797. The third-order valence-electron chi connectivity index (χ3n) is 4.69. The van der Waals surface area contributed by atoms with Gasteiger partial charge in [-0.15, -0.1) is 0 Å². The van der Waals surface area contributed by atoms with Gasteiger partial charge in [-0.05, 0) is 56.5 Å². The highest BCUT2D eigenvalue weighted by Crippen LogP contribution is 2.22. The average Bonchev–Trinajstić information content (AvgIpc) is 2.43. The third kappa shape index (κ3) is 3.58. The maximum atomic E-state index is 3.48. The zero-order valence-electron chi connectivity index (χ0n) is 12.9. The maximum absolute atomic E-state index is 3.48. The monoisotopic (exact) mass is 260 g/mol. The second-order valence-corrected chi connectivity index (χ2v) is 6.01. The van der Waals surface area contributed by atoms with Crippen LogP contribution in [0, 0.1) is 19.8 Å². The predicted octanol–water partition coefficient (Wildman–Crippen LogP) is 3.12. The van der Waals surface area contributed by atoms with E-state index >= 15 is 0 Å². The molecule has 0 aliphatic carbocycles. The summed E-state index contributed by atoms with van der Waals surface area (Å²) in [6.45, 7) is 10.3. The highest BCUT2D eigenvalue weighted by molar-refractivity contribution is 5.29. The van der Waals surface area contributed by atoms with Crippen molar-refractivity contribution in [1.29, 1.82) is 0 Å². The van der Waals surface area contributed by atoms with E-state index in [0.29, 0.717) is 6.04 Å². The summed E-state index contributed by atoms with van der Waals surface area (Å²) in [5, 5.41) is 3.48. The number of aryl methyl sites for hydroxylation is 2. The van der Waals surface area contributed by atoms with Gasteiger partial charge in [0.25, 0.3) is 0 Å². The molecule has 0 spiro atoms. The van der Waals surface area contributed by atoms with E-state index in [9.17, 15) is 0 Å². The molecule has 1 aromatic rings. The summed E-state index contributed by atoms with van der Waals surface area (Å²) < 4.78 is 0. The Labute approximate surface area is 118 Å². The molecule has 2 unspecified atom stereocenters. The minimum Gasteiger partial charge on any atom is -0.317 e. The lowest BCUT2D eigenvalue weighted by Gasteiger charge is -2.38. The van der Waals surface area contributed by atoms with Crippen LogP contribution in [-0.2, 0) is 6.54 Å². The van der Waals surface area contributed by atoms with Crippen molar-refractivity contribution in [2.24, 2.45) is 5.92 Å². The predicted molar refractivity (Wildman–Crippen MR) is 82.4 cm³/mol. The van der Waals surface area contributed by atoms with Gasteiger partial charge in [0, 0.05) is 19.1 Å². The Morgan fingerprint density at radius 1 is 1.26 bits per heavy atom. The molecule has 1 fully saturated rings. The fourth-order valence-corrected chi connectivity index (χ4v) is 3.20. The molecule has 106 valence electrons. The molecule has 19 heavy (non-hydrogen) atoms. The Hall–Kier alpha value is -0.860. The smallest absolute Gasteiger partial charge is 0.0233 e. The Morgan fingerprint density at radius 2 is 2.05 bits per heavy atom. The van der Waals surface area contributed by atoms with Crippen LogP contribution in [0.2, 0.25) is 0 Å². The summed E-state index contributed by atoms with van der Waals surface area (Å²) in [6, 6.07) is 7.59. The topological polar surface area (TPSA) is 15.3 Å². The van der Waals surface area contributed by atoms with E-state index in [1.165, 1.54) is 42.6 Å². The third-order valence-corrected chi connectivity index (χ3v) is 4.69. The first-order valence-corrected chi connectivity index (χ1v) is 7.59. The fraction of sp³-hybridized carbons (Fsp3) is 0.647. The Balaban J connectivity index is 1.98. The molecular formula is C17H28N2. The second kappa shape index (κ2) is 6.53. The Kier molecular flexibility index (Phi) is 5.00. The lowest BCUT2D eigenvalue weighted by atomic mass is 9.90. The van der Waals surface area contributed by atoms with Gasteiger partial charge >= 0.3 is 0 Å². The second-order valence-electron chi connectivity index (χ2n) is 6.01. The van der Waals surface area contributed by atoms with Gasteiger partial charge < -0.3 is 5.32 Å². The lowest BCUT2D eigenvalue weighted by Crippen LogP contribution is -2.47. The number of nitrogens with one attached hydrogen (secondary N) is 1. The van der Waals surface area contributed by atoms with Crippen LogP contribution < -0.4 is 5.32 Å². The van der Waals surface area contributed by atoms with Crippen molar-refractivity contribution in [1.82, 2.24) is 10.2 Å². The largest absolute Gasteiger partial charge is 0.317 e. The number of nitrogens with zero attached hydrogens (tertiary/aromatic N) is 1. The number of hydrogen-bond acceptors (Lipinski definition) is 2. The number of likely N-dealkylation sites (tertiary alicyclic amines) is 1. The zero-order valence-corrected chi connectivity index (χ0v) is 12.9. The van der Waals surface area contributed by atoms with Crippen molar-refractivity contribution in [3.05, 3.63) is 34.9 Å². The van der Waals surface area contributed by atoms with Gasteiger partial charge in [-0.1, -0.05) is 31.5 Å². The first-order valence-electron chi connectivity index (χ1n) is 7.59. The van der Waals surface area contributed by atoms with Crippen molar-refractivity contribution >= 4 is 0 Å². The molecule has 0 bridgehead atoms. The molecular weight excluding hydrogens is 232 g/mol.